The van der Waals surface area contributed by atoms with Crippen LogP contribution in [0.2, 0.25) is 0 Å². The summed E-state index contributed by atoms with van der Waals surface area (Å²) in [6.45, 7) is 7.16. The summed E-state index contributed by atoms with van der Waals surface area (Å²) in [6, 6.07) is 4.11. The minimum absolute atomic E-state index is 0.00528. The number of fused-ring (bicyclic) bond motifs is 3. The lowest BCUT2D eigenvalue weighted by atomic mass is 10.1. The van der Waals surface area contributed by atoms with Crippen molar-refractivity contribution < 1.29 is 14.6 Å². The lowest BCUT2D eigenvalue weighted by Crippen LogP contribution is -2.26. The van der Waals surface area contributed by atoms with E-state index in [1.54, 1.807) is 23.0 Å². The number of rotatable bonds is 9. The van der Waals surface area contributed by atoms with Crippen molar-refractivity contribution in [3.8, 4) is 5.75 Å². The maximum atomic E-state index is 13.3. The summed E-state index contributed by atoms with van der Waals surface area (Å²) in [5, 5.41) is 12.0. The molecule has 4 rings (SSSR count). The van der Waals surface area contributed by atoms with Crippen LogP contribution in [0.25, 0.3) is 10.2 Å². The smallest absolute Gasteiger partial charge is 0.263 e. The van der Waals surface area contributed by atoms with Gasteiger partial charge in [-0.2, -0.15) is 0 Å². The fraction of sp³-hybridized carbons (Fsp3) is 0.500. The van der Waals surface area contributed by atoms with E-state index >= 15 is 0 Å². The monoisotopic (exact) mass is 474 g/mol. The van der Waals surface area contributed by atoms with Gasteiger partial charge in [0.15, 0.2) is 5.16 Å². The van der Waals surface area contributed by atoms with Gasteiger partial charge in [-0.25, -0.2) is 4.98 Å². The molecule has 0 bridgehead atoms. The Morgan fingerprint density at radius 1 is 1.25 bits per heavy atom. The molecule has 0 unspecified atom stereocenters. The van der Waals surface area contributed by atoms with Crippen molar-refractivity contribution in [1.29, 1.82) is 0 Å². The highest BCUT2D eigenvalue weighted by Gasteiger charge is 2.23. The van der Waals surface area contributed by atoms with Crippen LogP contribution in [0.3, 0.4) is 0 Å². The Balaban J connectivity index is 1.51. The van der Waals surface area contributed by atoms with Gasteiger partial charge in [-0.15, -0.1) is 11.3 Å². The maximum Gasteiger partial charge on any atom is 0.263 e. The second kappa shape index (κ2) is 9.95. The number of aliphatic hydroxyl groups excluding tert-OH is 1. The van der Waals surface area contributed by atoms with E-state index in [4.69, 9.17) is 14.5 Å². The number of thiophene rings is 1. The molecule has 1 aliphatic carbocycles. The van der Waals surface area contributed by atoms with E-state index < -0.39 is 6.10 Å². The number of hydrogen-bond donors (Lipinski definition) is 1. The highest BCUT2D eigenvalue weighted by Crippen LogP contribution is 2.35. The van der Waals surface area contributed by atoms with Crippen molar-refractivity contribution >= 4 is 33.3 Å². The summed E-state index contributed by atoms with van der Waals surface area (Å²) in [7, 11) is 1.63. The van der Waals surface area contributed by atoms with Crippen LogP contribution < -0.4 is 10.3 Å². The first-order chi connectivity index (χ1) is 15.4. The van der Waals surface area contributed by atoms with Gasteiger partial charge in [0.1, 0.15) is 17.2 Å². The summed E-state index contributed by atoms with van der Waals surface area (Å²) < 4.78 is 12.9. The molecule has 1 aliphatic rings. The SMILES string of the molecule is COCCn1c(SC[C@H](O)COc2c(C)ccc(C)c2C)nc2sc3c(c2c1=O)CCC3. The van der Waals surface area contributed by atoms with Gasteiger partial charge >= 0.3 is 0 Å². The molecule has 0 radical (unpaired) electrons. The molecular formula is C24H30N2O4S2. The van der Waals surface area contributed by atoms with E-state index in [2.05, 4.69) is 13.0 Å². The molecule has 2 aromatic heterocycles. The highest BCUT2D eigenvalue weighted by molar-refractivity contribution is 7.99. The normalized spacial score (nSPS) is 14.2. The fourth-order valence-corrected chi connectivity index (χ4v) is 6.33. The summed E-state index contributed by atoms with van der Waals surface area (Å²) in [6.07, 6.45) is 2.41. The summed E-state index contributed by atoms with van der Waals surface area (Å²) in [5.74, 6) is 1.22. The average molecular weight is 475 g/mol. The number of methoxy groups -OCH3 is 1. The Morgan fingerprint density at radius 3 is 2.81 bits per heavy atom. The molecule has 0 aliphatic heterocycles. The molecule has 1 atom stereocenters. The molecule has 0 amide bonds. The molecule has 1 aromatic carbocycles. The molecule has 172 valence electrons. The molecule has 3 aromatic rings. The van der Waals surface area contributed by atoms with E-state index in [1.807, 2.05) is 19.9 Å². The van der Waals surface area contributed by atoms with Crippen molar-refractivity contribution in [1.82, 2.24) is 9.55 Å². The largest absolute Gasteiger partial charge is 0.490 e. The number of aryl methyl sites for hydroxylation is 4. The third-order valence-electron chi connectivity index (χ3n) is 6.01. The second-order valence-corrected chi connectivity index (χ2v) is 10.4. The number of aromatic nitrogens is 2. The molecule has 32 heavy (non-hydrogen) atoms. The quantitative estimate of drug-likeness (QED) is 0.373. The zero-order valence-corrected chi connectivity index (χ0v) is 20.7. The lowest BCUT2D eigenvalue weighted by molar-refractivity contribution is 0.125. The Morgan fingerprint density at radius 2 is 2.03 bits per heavy atom. The van der Waals surface area contributed by atoms with Gasteiger partial charge in [0, 0.05) is 17.7 Å². The van der Waals surface area contributed by atoms with E-state index in [9.17, 15) is 9.90 Å². The van der Waals surface area contributed by atoms with E-state index in [0.717, 1.165) is 51.9 Å². The van der Waals surface area contributed by atoms with Crippen molar-refractivity contribution in [3.63, 3.8) is 0 Å². The van der Waals surface area contributed by atoms with Gasteiger partial charge in [0.25, 0.3) is 5.56 Å². The molecule has 2 heterocycles. The Hall–Kier alpha value is -1.87. The van der Waals surface area contributed by atoms with E-state index in [1.165, 1.54) is 22.2 Å². The zero-order chi connectivity index (χ0) is 22.8. The van der Waals surface area contributed by atoms with Crippen LogP contribution in [0.5, 0.6) is 5.75 Å². The Kier molecular flexibility index (Phi) is 7.24. The topological polar surface area (TPSA) is 73.6 Å². The second-order valence-electron chi connectivity index (χ2n) is 8.31. The number of aliphatic hydroxyl groups is 1. The summed E-state index contributed by atoms with van der Waals surface area (Å²) >= 11 is 3.03. The third kappa shape index (κ3) is 4.59. The Labute approximate surface area is 196 Å². The Bertz CT molecular complexity index is 1190. The van der Waals surface area contributed by atoms with E-state index in [0.29, 0.717) is 24.1 Å². The van der Waals surface area contributed by atoms with Crippen LogP contribution in [0.4, 0.5) is 0 Å². The first kappa shape index (κ1) is 23.3. The molecule has 0 saturated heterocycles. The third-order valence-corrected chi connectivity index (χ3v) is 8.31. The highest BCUT2D eigenvalue weighted by atomic mass is 32.2. The minimum atomic E-state index is -0.684. The molecule has 0 saturated carbocycles. The van der Waals surface area contributed by atoms with Crippen LogP contribution in [0.1, 0.15) is 33.6 Å². The lowest BCUT2D eigenvalue weighted by Gasteiger charge is -2.17. The average Bonchev–Trinajstić information content (AvgIpc) is 3.35. The van der Waals surface area contributed by atoms with Crippen LogP contribution in [-0.4, -0.2) is 46.8 Å². The number of benzene rings is 1. The van der Waals surface area contributed by atoms with Gasteiger partial charge < -0.3 is 14.6 Å². The van der Waals surface area contributed by atoms with Crippen molar-refractivity contribution in [2.75, 3.05) is 26.1 Å². The molecule has 0 fully saturated rings. The number of nitrogens with zero attached hydrogens (tertiary/aromatic N) is 2. The van der Waals surface area contributed by atoms with Crippen LogP contribution >= 0.6 is 23.1 Å². The summed E-state index contributed by atoms with van der Waals surface area (Å²) in [5.41, 5.74) is 4.50. The maximum absolute atomic E-state index is 13.3. The van der Waals surface area contributed by atoms with Crippen molar-refractivity contribution in [3.05, 3.63) is 49.6 Å². The predicted octanol–water partition coefficient (Wildman–Crippen LogP) is 4.05. The molecule has 1 N–H and O–H groups in total. The fourth-order valence-electron chi connectivity index (χ4n) is 4.09. The predicted molar refractivity (Wildman–Crippen MR) is 131 cm³/mol. The van der Waals surface area contributed by atoms with Gasteiger partial charge in [0.05, 0.1) is 24.6 Å². The van der Waals surface area contributed by atoms with Gasteiger partial charge in [-0.3, -0.25) is 9.36 Å². The van der Waals surface area contributed by atoms with Gasteiger partial charge in [0.2, 0.25) is 0 Å². The van der Waals surface area contributed by atoms with Crippen molar-refractivity contribution in [2.45, 2.75) is 57.8 Å². The number of hydrogen-bond acceptors (Lipinski definition) is 7. The molecule has 0 spiro atoms. The van der Waals surface area contributed by atoms with Gasteiger partial charge in [-0.1, -0.05) is 23.9 Å². The van der Waals surface area contributed by atoms with Crippen LogP contribution in [0, 0.1) is 20.8 Å². The first-order valence-corrected chi connectivity index (χ1v) is 12.8. The van der Waals surface area contributed by atoms with Crippen LogP contribution in [0.15, 0.2) is 22.1 Å². The number of ether oxygens (including phenoxy) is 2. The standard InChI is InChI=1S/C24H30N2O4S2/c1-14-8-9-15(2)21(16(14)3)30-12-17(27)13-31-24-25-22-20(18-6-5-7-19(18)32-22)23(28)26(24)10-11-29-4/h8-9,17,27H,5-7,10-13H2,1-4H3/t17-/m1/s1. The van der Waals surface area contributed by atoms with Crippen molar-refractivity contribution in [2.24, 2.45) is 0 Å². The first-order valence-electron chi connectivity index (χ1n) is 10.9. The molecule has 8 heteroatoms. The molecule has 6 nitrogen and oxygen atoms in total. The zero-order valence-electron chi connectivity index (χ0n) is 19.1. The molecular weight excluding hydrogens is 444 g/mol. The van der Waals surface area contributed by atoms with Crippen LogP contribution in [-0.2, 0) is 24.1 Å². The minimum Gasteiger partial charge on any atom is -0.490 e. The summed E-state index contributed by atoms with van der Waals surface area (Å²) in [4.78, 5) is 20.2. The number of thioether (sulfide) groups is 1. The van der Waals surface area contributed by atoms with E-state index in [-0.39, 0.29) is 12.2 Å². The van der Waals surface area contributed by atoms with Gasteiger partial charge in [-0.05, 0) is 62.3 Å².